The van der Waals surface area contributed by atoms with Gasteiger partial charge in [0.05, 0.1) is 23.1 Å². The molecule has 6 nitrogen and oxygen atoms in total. The van der Waals surface area contributed by atoms with Gasteiger partial charge in [-0.25, -0.2) is 4.98 Å². The van der Waals surface area contributed by atoms with Crippen molar-refractivity contribution < 1.29 is 9.32 Å². The van der Waals surface area contributed by atoms with Gasteiger partial charge in [0, 0.05) is 28.7 Å². The van der Waals surface area contributed by atoms with Crippen molar-refractivity contribution in [2.45, 2.75) is 13.5 Å². The van der Waals surface area contributed by atoms with Crippen LogP contribution < -0.4 is 5.73 Å². The minimum atomic E-state index is -0.464. The number of rotatable bonds is 5. The van der Waals surface area contributed by atoms with Gasteiger partial charge in [-0.05, 0) is 30.7 Å². The molecule has 0 fully saturated rings. The van der Waals surface area contributed by atoms with Crippen molar-refractivity contribution in [3.8, 4) is 22.2 Å². The zero-order valence-corrected chi connectivity index (χ0v) is 15.9. The molecule has 4 aromatic rings. The zero-order valence-electron chi connectivity index (χ0n) is 14.3. The number of benzene rings is 1. The molecule has 8 heteroatoms. The molecule has 136 valence electrons. The van der Waals surface area contributed by atoms with Gasteiger partial charge in [0.2, 0.25) is 0 Å². The molecule has 0 atom stereocenters. The van der Waals surface area contributed by atoms with Crippen LogP contribution in [0.3, 0.4) is 0 Å². The quantitative estimate of drug-likeness (QED) is 0.540. The Bertz CT molecular complexity index is 1100. The number of nitrogens with zero attached hydrogens (tertiary/aromatic N) is 3. The van der Waals surface area contributed by atoms with Crippen molar-refractivity contribution in [3.63, 3.8) is 0 Å². The highest BCUT2D eigenvalue weighted by atomic mass is 35.5. The van der Waals surface area contributed by atoms with Crippen LogP contribution in [0.4, 0.5) is 0 Å². The number of thiazole rings is 1. The first-order valence-corrected chi connectivity index (χ1v) is 9.40. The SMILES string of the molecule is Cc1c(C(N)=O)cc(-c2csc(-c3ccno3)n2)n1Cc1ccc(Cl)cc1. The van der Waals surface area contributed by atoms with E-state index in [1.165, 1.54) is 11.3 Å². The Kier molecular flexibility index (Phi) is 4.55. The Morgan fingerprint density at radius 2 is 2.07 bits per heavy atom. The van der Waals surface area contributed by atoms with E-state index < -0.39 is 5.91 Å². The second-order valence-electron chi connectivity index (χ2n) is 6.02. The fourth-order valence-electron chi connectivity index (χ4n) is 2.91. The molecule has 0 spiro atoms. The average molecular weight is 399 g/mol. The lowest BCUT2D eigenvalue weighted by molar-refractivity contribution is 0.0999. The molecule has 0 aliphatic heterocycles. The van der Waals surface area contributed by atoms with Gasteiger partial charge in [0.15, 0.2) is 10.8 Å². The van der Waals surface area contributed by atoms with Crippen LogP contribution in [0.2, 0.25) is 5.02 Å². The van der Waals surface area contributed by atoms with Gasteiger partial charge >= 0.3 is 0 Å². The summed E-state index contributed by atoms with van der Waals surface area (Å²) in [6.45, 7) is 2.45. The lowest BCUT2D eigenvalue weighted by atomic mass is 10.2. The lowest BCUT2D eigenvalue weighted by Gasteiger charge is -2.11. The minimum Gasteiger partial charge on any atom is -0.366 e. The lowest BCUT2D eigenvalue weighted by Crippen LogP contribution is -2.12. The van der Waals surface area contributed by atoms with Gasteiger partial charge in [-0.2, -0.15) is 0 Å². The third-order valence-corrected chi connectivity index (χ3v) is 5.41. The Morgan fingerprint density at radius 3 is 2.74 bits per heavy atom. The highest BCUT2D eigenvalue weighted by Crippen LogP contribution is 2.31. The van der Waals surface area contributed by atoms with Crippen LogP contribution in [0, 0.1) is 6.92 Å². The molecule has 0 radical (unpaired) electrons. The van der Waals surface area contributed by atoms with Crippen LogP contribution in [0.5, 0.6) is 0 Å². The Balaban J connectivity index is 1.78. The number of amides is 1. The van der Waals surface area contributed by atoms with E-state index in [4.69, 9.17) is 21.9 Å². The minimum absolute atomic E-state index is 0.464. The highest BCUT2D eigenvalue weighted by Gasteiger charge is 2.19. The third-order valence-electron chi connectivity index (χ3n) is 4.30. The second-order valence-corrected chi connectivity index (χ2v) is 7.31. The predicted octanol–water partition coefficient (Wildman–Crippen LogP) is 4.38. The maximum atomic E-state index is 11.9. The molecule has 1 amide bonds. The Labute approximate surface area is 164 Å². The van der Waals surface area contributed by atoms with Gasteiger partial charge < -0.3 is 14.8 Å². The smallest absolute Gasteiger partial charge is 0.250 e. The molecule has 1 aromatic carbocycles. The van der Waals surface area contributed by atoms with Gasteiger partial charge in [0.1, 0.15) is 0 Å². The maximum absolute atomic E-state index is 11.9. The molecular formula is C19H15ClN4O2S. The van der Waals surface area contributed by atoms with Gasteiger partial charge in [-0.1, -0.05) is 28.9 Å². The van der Waals surface area contributed by atoms with E-state index in [0.29, 0.717) is 22.9 Å². The first-order valence-electron chi connectivity index (χ1n) is 8.14. The third kappa shape index (κ3) is 3.39. The van der Waals surface area contributed by atoms with Gasteiger partial charge in [-0.15, -0.1) is 11.3 Å². The Hall–Kier alpha value is -2.90. The van der Waals surface area contributed by atoms with E-state index in [1.54, 1.807) is 18.3 Å². The van der Waals surface area contributed by atoms with Gasteiger partial charge in [0.25, 0.3) is 5.91 Å². The molecule has 0 saturated heterocycles. The monoisotopic (exact) mass is 398 g/mol. The molecule has 0 unspecified atom stereocenters. The summed E-state index contributed by atoms with van der Waals surface area (Å²) in [6, 6.07) is 11.1. The maximum Gasteiger partial charge on any atom is 0.250 e. The van der Waals surface area contributed by atoms with Crippen LogP contribution in [0.25, 0.3) is 22.2 Å². The molecular weight excluding hydrogens is 384 g/mol. The second kappa shape index (κ2) is 7.02. The molecule has 4 rings (SSSR count). The number of aromatic nitrogens is 3. The topological polar surface area (TPSA) is 86.9 Å². The van der Waals surface area contributed by atoms with Crippen molar-refractivity contribution >= 4 is 28.8 Å². The van der Waals surface area contributed by atoms with E-state index in [-0.39, 0.29) is 0 Å². The van der Waals surface area contributed by atoms with Crippen molar-refractivity contribution in [1.82, 2.24) is 14.7 Å². The molecule has 2 N–H and O–H groups in total. The normalized spacial score (nSPS) is 11.0. The summed E-state index contributed by atoms with van der Waals surface area (Å²) in [5, 5.41) is 7.04. The highest BCUT2D eigenvalue weighted by molar-refractivity contribution is 7.13. The van der Waals surface area contributed by atoms with E-state index in [0.717, 1.165) is 27.7 Å². The number of hydrogen-bond donors (Lipinski definition) is 1. The number of halogens is 1. The first-order chi connectivity index (χ1) is 13.0. The first kappa shape index (κ1) is 17.5. The Morgan fingerprint density at radius 1 is 1.30 bits per heavy atom. The largest absolute Gasteiger partial charge is 0.366 e. The molecule has 3 aromatic heterocycles. The molecule has 3 heterocycles. The number of nitrogens with two attached hydrogens (primary N) is 1. The number of carbonyl (C=O) groups excluding carboxylic acids is 1. The number of hydrogen-bond acceptors (Lipinski definition) is 5. The van der Waals surface area contributed by atoms with Crippen LogP contribution >= 0.6 is 22.9 Å². The predicted molar refractivity (Wildman–Crippen MR) is 105 cm³/mol. The fraction of sp³-hybridized carbons (Fsp3) is 0.105. The van der Waals surface area contributed by atoms with Crippen LogP contribution in [0.1, 0.15) is 21.6 Å². The van der Waals surface area contributed by atoms with Crippen molar-refractivity contribution in [1.29, 1.82) is 0 Å². The van der Waals surface area contributed by atoms with E-state index in [2.05, 4.69) is 10.1 Å². The van der Waals surface area contributed by atoms with Crippen LogP contribution in [0.15, 0.2) is 52.5 Å². The van der Waals surface area contributed by atoms with Crippen molar-refractivity contribution in [2.24, 2.45) is 5.73 Å². The zero-order chi connectivity index (χ0) is 19.0. The summed E-state index contributed by atoms with van der Waals surface area (Å²) in [4.78, 5) is 16.5. The van der Waals surface area contributed by atoms with Crippen LogP contribution in [-0.2, 0) is 6.54 Å². The summed E-state index contributed by atoms with van der Waals surface area (Å²) in [5.74, 6) is 0.142. The average Bonchev–Trinajstić information content (AvgIpc) is 3.37. The van der Waals surface area contributed by atoms with E-state index >= 15 is 0 Å². The standard InChI is InChI=1S/C19H15ClN4O2S/c1-11-14(18(21)25)8-16(24(11)9-12-2-4-13(20)5-3-12)15-10-27-19(23-15)17-6-7-22-26-17/h2-8,10H,9H2,1H3,(H2,21,25). The molecule has 27 heavy (non-hydrogen) atoms. The summed E-state index contributed by atoms with van der Waals surface area (Å²) in [7, 11) is 0. The summed E-state index contributed by atoms with van der Waals surface area (Å²) < 4.78 is 7.21. The molecule has 0 aliphatic rings. The number of carbonyl (C=O) groups is 1. The summed E-state index contributed by atoms with van der Waals surface area (Å²) >= 11 is 7.43. The molecule has 0 aliphatic carbocycles. The molecule has 0 bridgehead atoms. The van der Waals surface area contributed by atoms with E-state index in [9.17, 15) is 4.79 Å². The summed E-state index contributed by atoms with van der Waals surface area (Å²) in [5.41, 5.74) is 9.45. The van der Waals surface area contributed by atoms with E-state index in [1.807, 2.05) is 41.1 Å². The van der Waals surface area contributed by atoms with Crippen molar-refractivity contribution in [2.75, 3.05) is 0 Å². The van der Waals surface area contributed by atoms with Crippen molar-refractivity contribution in [3.05, 3.63) is 69.8 Å². The van der Waals surface area contributed by atoms with Crippen LogP contribution in [-0.4, -0.2) is 20.6 Å². The van der Waals surface area contributed by atoms with Gasteiger partial charge in [-0.3, -0.25) is 4.79 Å². The number of primary amides is 1. The summed E-state index contributed by atoms with van der Waals surface area (Å²) in [6.07, 6.45) is 1.58. The molecule has 0 saturated carbocycles. The fourth-order valence-corrected chi connectivity index (χ4v) is 3.81.